The second-order valence-electron chi connectivity index (χ2n) is 7.29. The van der Waals surface area contributed by atoms with Crippen LogP contribution in [-0.2, 0) is 11.2 Å². The summed E-state index contributed by atoms with van der Waals surface area (Å²) in [6, 6.07) is 14.9. The number of aromatic nitrogens is 1. The third-order valence-electron chi connectivity index (χ3n) is 5.26. The Kier molecular flexibility index (Phi) is 5.91. The minimum atomic E-state index is -0.186. The fourth-order valence-electron chi connectivity index (χ4n) is 3.67. The van der Waals surface area contributed by atoms with Crippen molar-refractivity contribution in [2.75, 3.05) is 19.7 Å². The summed E-state index contributed by atoms with van der Waals surface area (Å²) in [5.74, 6) is -0.368. The lowest BCUT2D eigenvalue weighted by molar-refractivity contribution is 0.0857. The van der Waals surface area contributed by atoms with Gasteiger partial charge in [0, 0.05) is 47.9 Å². The van der Waals surface area contributed by atoms with Gasteiger partial charge in [0.1, 0.15) is 0 Å². The molecule has 4 rings (SSSR count). The molecule has 150 valence electrons. The first-order chi connectivity index (χ1) is 14.2. The second-order valence-corrected chi connectivity index (χ2v) is 7.29. The van der Waals surface area contributed by atoms with Crippen LogP contribution in [0.5, 0.6) is 0 Å². The molecule has 6 heteroatoms. The van der Waals surface area contributed by atoms with Crippen LogP contribution in [0.2, 0.25) is 0 Å². The molecule has 1 unspecified atom stereocenters. The van der Waals surface area contributed by atoms with Crippen molar-refractivity contribution in [1.29, 1.82) is 0 Å². The summed E-state index contributed by atoms with van der Waals surface area (Å²) >= 11 is 0. The molecule has 2 heterocycles. The number of rotatable bonds is 7. The van der Waals surface area contributed by atoms with E-state index in [0.29, 0.717) is 24.2 Å². The molecule has 1 fully saturated rings. The first kappa shape index (κ1) is 19.2. The zero-order valence-electron chi connectivity index (χ0n) is 16.2. The van der Waals surface area contributed by atoms with Crippen molar-refractivity contribution >= 4 is 22.7 Å². The minimum absolute atomic E-state index is 0.0925. The maximum Gasteiger partial charge on any atom is 0.251 e. The average Bonchev–Trinajstić information content (AvgIpc) is 3.42. The lowest BCUT2D eigenvalue weighted by Crippen LogP contribution is -2.32. The van der Waals surface area contributed by atoms with Crippen LogP contribution in [0.15, 0.2) is 54.7 Å². The molecule has 1 saturated heterocycles. The van der Waals surface area contributed by atoms with Crippen LogP contribution in [0.25, 0.3) is 10.9 Å². The Balaban J connectivity index is 1.31. The van der Waals surface area contributed by atoms with E-state index in [4.69, 9.17) is 4.74 Å². The number of hydrogen-bond acceptors (Lipinski definition) is 3. The van der Waals surface area contributed by atoms with E-state index in [1.54, 1.807) is 24.3 Å². The molecule has 0 radical (unpaired) electrons. The Labute approximate surface area is 169 Å². The van der Waals surface area contributed by atoms with Crippen LogP contribution < -0.4 is 10.6 Å². The zero-order chi connectivity index (χ0) is 20.1. The Bertz CT molecular complexity index is 1010. The number of carbonyl (C=O) groups is 2. The van der Waals surface area contributed by atoms with Crippen LogP contribution in [0.3, 0.4) is 0 Å². The summed E-state index contributed by atoms with van der Waals surface area (Å²) in [6.07, 6.45) is 4.82. The van der Waals surface area contributed by atoms with E-state index in [9.17, 15) is 9.59 Å². The molecule has 0 saturated carbocycles. The molecule has 1 aromatic heterocycles. The van der Waals surface area contributed by atoms with Gasteiger partial charge in [-0.15, -0.1) is 0 Å². The van der Waals surface area contributed by atoms with Crippen molar-refractivity contribution in [1.82, 2.24) is 15.6 Å². The highest BCUT2D eigenvalue weighted by Crippen LogP contribution is 2.17. The lowest BCUT2D eigenvalue weighted by Gasteiger charge is -2.11. The van der Waals surface area contributed by atoms with Gasteiger partial charge in [-0.25, -0.2) is 0 Å². The number of para-hydroxylation sites is 1. The summed E-state index contributed by atoms with van der Waals surface area (Å²) in [4.78, 5) is 28.1. The third-order valence-corrected chi connectivity index (χ3v) is 5.26. The van der Waals surface area contributed by atoms with Crippen molar-refractivity contribution in [3.05, 3.63) is 71.4 Å². The number of benzene rings is 2. The van der Waals surface area contributed by atoms with Gasteiger partial charge in [-0.1, -0.05) is 24.3 Å². The van der Waals surface area contributed by atoms with Gasteiger partial charge in [0.25, 0.3) is 11.8 Å². The largest absolute Gasteiger partial charge is 0.376 e. The van der Waals surface area contributed by atoms with Gasteiger partial charge in [0.15, 0.2) is 0 Å². The van der Waals surface area contributed by atoms with Crippen LogP contribution in [-0.4, -0.2) is 42.6 Å². The van der Waals surface area contributed by atoms with E-state index in [0.717, 1.165) is 31.4 Å². The van der Waals surface area contributed by atoms with Gasteiger partial charge in [-0.2, -0.15) is 0 Å². The number of hydrogen-bond donors (Lipinski definition) is 3. The summed E-state index contributed by atoms with van der Waals surface area (Å²) in [6.45, 7) is 1.78. The van der Waals surface area contributed by atoms with E-state index in [-0.39, 0.29) is 17.9 Å². The lowest BCUT2D eigenvalue weighted by atomic mass is 10.1. The van der Waals surface area contributed by atoms with Gasteiger partial charge in [0.05, 0.1) is 6.10 Å². The average molecular weight is 391 g/mol. The maximum atomic E-state index is 12.5. The number of H-pyrrole nitrogens is 1. The first-order valence-electron chi connectivity index (χ1n) is 10.0. The molecule has 2 amide bonds. The number of ether oxygens (including phenoxy) is 1. The predicted molar refractivity (Wildman–Crippen MR) is 112 cm³/mol. The molecule has 3 N–H and O–H groups in total. The summed E-state index contributed by atoms with van der Waals surface area (Å²) in [5.41, 5.74) is 3.22. The molecule has 3 aromatic rings. The number of nitrogens with one attached hydrogen (secondary N) is 3. The topological polar surface area (TPSA) is 83.2 Å². The highest BCUT2D eigenvalue weighted by molar-refractivity contribution is 5.99. The van der Waals surface area contributed by atoms with Crippen LogP contribution in [0.4, 0.5) is 0 Å². The molecule has 0 spiro atoms. The van der Waals surface area contributed by atoms with Gasteiger partial charge in [0.2, 0.25) is 0 Å². The van der Waals surface area contributed by atoms with Gasteiger partial charge in [-0.3, -0.25) is 9.59 Å². The van der Waals surface area contributed by atoms with E-state index < -0.39 is 0 Å². The molecule has 29 heavy (non-hydrogen) atoms. The van der Waals surface area contributed by atoms with Crippen molar-refractivity contribution in [2.45, 2.75) is 25.4 Å². The SMILES string of the molecule is O=C(NCCc1c[nH]c2ccccc12)c1cccc(C(=O)NCC2CCCO2)c1. The van der Waals surface area contributed by atoms with E-state index in [1.807, 2.05) is 24.4 Å². The number of fused-ring (bicyclic) bond motifs is 1. The van der Waals surface area contributed by atoms with Crippen molar-refractivity contribution in [3.8, 4) is 0 Å². The van der Waals surface area contributed by atoms with E-state index in [2.05, 4.69) is 21.7 Å². The van der Waals surface area contributed by atoms with E-state index in [1.165, 1.54) is 10.9 Å². The number of amides is 2. The number of aromatic amines is 1. The highest BCUT2D eigenvalue weighted by atomic mass is 16.5. The van der Waals surface area contributed by atoms with Crippen LogP contribution in [0, 0.1) is 0 Å². The van der Waals surface area contributed by atoms with Crippen molar-refractivity contribution in [2.24, 2.45) is 0 Å². The van der Waals surface area contributed by atoms with Crippen molar-refractivity contribution < 1.29 is 14.3 Å². The fourth-order valence-corrected chi connectivity index (χ4v) is 3.67. The third kappa shape index (κ3) is 4.66. The Hall–Kier alpha value is -3.12. The standard InChI is InChI=1S/C23H25N3O3/c27-22(24-11-10-18-14-25-21-9-2-1-8-20(18)21)16-5-3-6-17(13-16)23(28)26-15-19-7-4-12-29-19/h1-3,5-6,8-9,13-14,19,25H,4,7,10-12,15H2,(H,24,27)(H,26,28). The Morgan fingerprint density at radius 2 is 1.83 bits per heavy atom. The quantitative estimate of drug-likeness (QED) is 0.579. The Morgan fingerprint density at radius 1 is 1.03 bits per heavy atom. The highest BCUT2D eigenvalue weighted by Gasteiger charge is 2.17. The summed E-state index contributed by atoms with van der Waals surface area (Å²) < 4.78 is 5.52. The summed E-state index contributed by atoms with van der Waals surface area (Å²) in [7, 11) is 0. The van der Waals surface area contributed by atoms with Crippen LogP contribution in [0.1, 0.15) is 39.1 Å². The molecular weight excluding hydrogens is 366 g/mol. The van der Waals surface area contributed by atoms with Gasteiger partial charge < -0.3 is 20.4 Å². The van der Waals surface area contributed by atoms with Gasteiger partial charge >= 0.3 is 0 Å². The van der Waals surface area contributed by atoms with E-state index >= 15 is 0 Å². The monoisotopic (exact) mass is 391 g/mol. The zero-order valence-corrected chi connectivity index (χ0v) is 16.2. The second kappa shape index (κ2) is 8.92. The first-order valence-corrected chi connectivity index (χ1v) is 10.0. The van der Waals surface area contributed by atoms with Gasteiger partial charge in [-0.05, 0) is 49.1 Å². The Morgan fingerprint density at radius 3 is 2.62 bits per heavy atom. The smallest absolute Gasteiger partial charge is 0.251 e. The molecule has 0 aliphatic carbocycles. The van der Waals surface area contributed by atoms with Crippen molar-refractivity contribution in [3.63, 3.8) is 0 Å². The normalized spacial score (nSPS) is 16.1. The molecule has 1 aliphatic heterocycles. The molecule has 1 aliphatic rings. The predicted octanol–water partition coefficient (Wildman–Crippen LogP) is 3.05. The summed E-state index contributed by atoms with van der Waals surface area (Å²) in [5, 5.41) is 7.00. The number of carbonyl (C=O) groups excluding carboxylic acids is 2. The maximum absolute atomic E-state index is 12.5. The molecule has 6 nitrogen and oxygen atoms in total. The van der Waals surface area contributed by atoms with Crippen LogP contribution >= 0.6 is 0 Å². The minimum Gasteiger partial charge on any atom is -0.376 e. The molecule has 1 atom stereocenters. The molecule has 0 bridgehead atoms. The fraction of sp³-hybridized carbons (Fsp3) is 0.304. The molecule has 2 aromatic carbocycles. The molecular formula is C23H25N3O3.